The SMILES string of the molecule is c1cc(CNCc2ccncc2)cc(C2CC2)c1. The van der Waals surface area contributed by atoms with E-state index in [2.05, 4.69) is 34.6 Å². The van der Waals surface area contributed by atoms with Crippen molar-refractivity contribution >= 4 is 0 Å². The number of pyridine rings is 1. The summed E-state index contributed by atoms with van der Waals surface area (Å²) < 4.78 is 0. The van der Waals surface area contributed by atoms with Crippen molar-refractivity contribution in [1.29, 1.82) is 0 Å². The van der Waals surface area contributed by atoms with Crippen LogP contribution in [-0.4, -0.2) is 4.98 Å². The van der Waals surface area contributed by atoms with Crippen LogP contribution in [0, 0.1) is 0 Å². The van der Waals surface area contributed by atoms with E-state index in [0.29, 0.717) is 0 Å². The third kappa shape index (κ3) is 2.96. The van der Waals surface area contributed by atoms with Crippen molar-refractivity contribution in [2.75, 3.05) is 0 Å². The summed E-state index contributed by atoms with van der Waals surface area (Å²) in [7, 11) is 0. The summed E-state index contributed by atoms with van der Waals surface area (Å²) in [6, 6.07) is 13.1. The van der Waals surface area contributed by atoms with Gasteiger partial charge in [0.05, 0.1) is 0 Å². The van der Waals surface area contributed by atoms with Gasteiger partial charge in [-0.25, -0.2) is 0 Å². The summed E-state index contributed by atoms with van der Waals surface area (Å²) in [5.41, 5.74) is 4.18. The standard InChI is InChI=1S/C16H18N2/c1-2-14(10-16(3-1)15-4-5-15)12-18-11-13-6-8-17-9-7-13/h1-3,6-10,15,18H,4-5,11-12H2. The molecule has 18 heavy (non-hydrogen) atoms. The van der Waals surface area contributed by atoms with Gasteiger partial charge in [-0.2, -0.15) is 0 Å². The van der Waals surface area contributed by atoms with E-state index >= 15 is 0 Å². The molecule has 0 atom stereocenters. The maximum atomic E-state index is 4.02. The Morgan fingerprint density at radius 3 is 2.56 bits per heavy atom. The molecule has 1 N–H and O–H groups in total. The van der Waals surface area contributed by atoms with Crippen LogP contribution < -0.4 is 5.32 Å². The molecule has 2 heteroatoms. The molecule has 2 nitrogen and oxygen atoms in total. The lowest BCUT2D eigenvalue weighted by Gasteiger charge is -2.06. The normalized spacial score (nSPS) is 14.7. The Hall–Kier alpha value is -1.67. The van der Waals surface area contributed by atoms with Gasteiger partial charge in [-0.15, -0.1) is 0 Å². The Bertz CT molecular complexity index is 504. The first-order chi connectivity index (χ1) is 8.92. The van der Waals surface area contributed by atoms with Crippen molar-refractivity contribution in [2.45, 2.75) is 31.8 Å². The second-order valence-corrected chi connectivity index (χ2v) is 4.98. The van der Waals surface area contributed by atoms with Gasteiger partial charge in [0, 0.05) is 25.5 Å². The van der Waals surface area contributed by atoms with Crippen molar-refractivity contribution < 1.29 is 0 Å². The van der Waals surface area contributed by atoms with Crippen LogP contribution in [0.3, 0.4) is 0 Å². The lowest BCUT2D eigenvalue weighted by atomic mass is 10.1. The third-order valence-corrected chi connectivity index (χ3v) is 3.41. The second kappa shape index (κ2) is 5.32. The highest BCUT2D eigenvalue weighted by molar-refractivity contribution is 5.29. The van der Waals surface area contributed by atoms with E-state index in [1.165, 1.54) is 29.5 Å². The lowest BCUT2D eigenvalue weighted by molar-refractivity contribution is 0.692. The average Bonchev–Trinajstić information content (AvgIpc) is 3.25. The molecule has 0 radical (unpaired) electrons. The maximum absolute atomic E-state index is 4.02. The predicted octanol–water partition coefficient (Wildman–Crippen LogP) is 3.25. The van der Waals surface area contributed by atoms with Gasteiger partial charge in [-0.1, -0.05) is 24.3 Å². The van der Waals surface area contributed by atoms with Crippen molar-refractivity contribution in [1.82, 2.24) is 10.3 Å². The number of benzene rings is 1. The zero-order valence-electron chi connectivity index (χ0n) is 10.5. The number of aromatic nitrogens is 1. The van der Waals surface area contributed by atoms with E-state index in [1.807, 2.05) is 24.5 Å². The summed E-state index contributed by atoms with van der Waals surface area (Å²) in [6.45, 7) is 1.83. The van der Waals surface area contributed by atoms with Crippen molar-refractivity contribution in [3.05, 3.63) is 65.5 Å². The predicted molar refractivity (Wildman–Crippen MR) is 73.2 cm³/mol. The number of hydrogen-bond acceptors (Lipinski definition) is 2. The quantitative estimate of drug-likeness (QED) is 0.865. The van der Waals surface area contributed by atoms with Crippen molar-refractivity contribution in [3.8, 4) is 0 Å². The van der Waals surface area contributed by atoms with Gasteiger partial charge in [-0.05, 0) is 47.6 Å². The molecule has 0 saturated heterocycles. The highest BCUT2D eigenvalue weighted by atomic mass is 14.8. The van der Waals surface area contributed by atoms with Crippen LogP contribution in [0.25, 0.3) is 0 Å². The molecule has 3 rings (SSSR count). The zero-order valence-corrected chi connectivity index (χ0v) is 10.5. The van der Waals surface area contributed by atoms with E-state index in [4.69, 9.17) is 0 Å². The first kappa shape index (κ1) is 11.4. The van der Waals surface area contributed by atoms with E-state index in [9.17, 15) is 0 Å². The number of nitrogens with one attached hydrogen (secondary N) is 1. The third-order valence-electron chi connectivity index (χ3n) is 3.41. The topological polar surface area (TPSA) is 24.9 Å². The molecule has 2 aromatic rings. The number of hydrogen-bond donors (Lipinski definition) is 1. The van der Waals surface area contributed by atoms with Crippen LogP contribution >= 0.6 is 0 Å². The minimum absolute atomic E-state index is 0.838. The first-order valence-electron chi connectivity index (χ1n) is 6.60. The molecular formula is C16H18N2. The second-order valence-electron chi connectivity index (χ2n) is 4.98. The molecule has 92 valence electrons. The summed E-state index contributed by atoms with van der Waals surface area (Å²) in [5, 5.41) is 3.48. The molecular weight excluding hydrogens is 220 g/mol. The maximum Gasteiger partial charge on any atom is 0.0271 e. The Kier molecular flexibility index (Phi) is 3.37. The summed E-state index contributed by atoms with van der Waals surface area (Å²) in [6.07, 6.45) is 6.41. The fourth-order valence-electron chi connectivity index (χ4n) is 2.23. The molecule has 1 aromatic heterocycles. The van der Waals surface area contributed by atoms with E-state index in [-0.39, 0.29) is 0 Å². The molecule has 1 aromatic carbocycles. The summed E-state index contributed by atoms with van der Waals surface area (Å²) in [4.78, 5) is 4.02. The number of rotatable bonds is 5. The van der Waals surface area contributed by atoms with Gasteiger partial charge >= 0.3 is 0 Å². The van der Waals surface area contributed by atoms with Crippen LogP contribution in [-0.2, 0) is 13.1 Å². The van der Waals surface area contributed by atoms with Crippen LogP contribution in [0.5, 0.6) is 0 Å². The summed E-state index contributed by atoms with van der Waals surface area (Å²) >= 11 is 0. The first-order valence-corrected chi connectivity index (χ1v) is 6.60. The molecule has 1 fully saturated rings. The molecule has 0 amide bonds. The van der Waals surface area contributed by atoms with Crippen LogP contribution in [0.4, 0.5) is 0 Å². The van der Waals surface area contributed by atoms with Gasteiger partial charge in [0.15, 0.2) is 0 Å². The molecule has 0 aliphatic heterocycles. The molecule has 1 aliphatic carbocycles. The van der Waals surface area contributed by atoms with Gasteiger partial charge in [0.25, 0.3) is 0 Å². The van der Waals surface area contributed by atoms with E-state index in [1.54, 1.807) is 0 Å². The Morgan fingerprint density at radius 2 is 1.78 bits per heavy atom. The minimum atomic E-state index is 0.838. The van der Waals surface area contributed by atoms with Gasteiger partial charge in [-0.3, -0.25) is 4.98 Å². The van der Waals surface area contributed by atoms with Crippen molar-refractivity contribution in [2.24, 2.45) is 0 Å². The van der Waals surface area contributed by atoms with E-state index < -0.39 is 0 Å². The Labute approximate surface area is 108 Å². The highest BCUT2D eigenvalue weighted by Crippen LogP contribution is 2.40. The fourth-order valence-corrected chi connectivity index (χ4v) is 2.23. The smallest absolute Gasteiger partial charge is 0.0271 e. The monoisotopic (exact) mass is 238 g/mol. The molecule has 1 heterocycles. The number of nitrogens with zero attached hydrogens (tertiary/aromatic N) is 1. The molecule has 1 aliphatic rings. The van der Waals surface area contributed by atoms with Crippen molar-refractivity contribution in [3.63, 3.8) is 0 Å². The molecule has 0 unspecified atom stereocenters. The molecule has 0 bridgehead atoms. The minimum Gasteiger partial charge on any atom is -0.309 e. The van der Waals surface area contributed by atoms with Crippen LogP contribution in [0.1, 0.15) is 35.4 Å². The van der Waals surface area contributed by atoms with Crippen LogP contribution in [0.15, 0.2) is 48.8 Å². The average molecular weight is 238 g/mol. The van der Waals surface area contributed by atoms with Crippen LogP contribution in [0.2, 0.25) is 0 Å². The lowest BCUT2D eigenvalue weighted by Crippen LogP contribution is -2.12. The fraction of sp³-hybridized carbons (Fsp3) is 0.312. The van der Waals surface area contributed by atoms with Gasteiger partial charge in [0.1, 0.15) is 0 Å². The largest absolute Gasteiger partial charge is 0.309 e. The summed E-state index contributed by atoms with van der Waals surface area (Å²) in [5.74, 6) is 0.838. The Morgan fingerprint density at radius 1 is 1.00 bits per heavy atom. The Balaban J connectivity index is 1.55. The van der Waals surface area contributed by atoms with Gasteiger partial charge < -0.3 is 5.32 Å². The zero-order chi connectivity index (χ0) is 12.2. The highest BCUT2D eigenvalue weighted by Gasteiger charge is 2.23. The molecule has 1 saturated carbocycles. The molecule has 0 spiro atoms. The van der Waals surface area contributed by atoms with E-state index in [0.717, 1.165) is 19.0 Å². The van der Waals surface area contributed by atoms with Gasteiger partial charge in [0.2, 0.25) is 0 Å².